The van der Waals surface area contributed by atoms with Crippen LogP contribution in [-0.4, -0.2) is 27.6 Å². The van der Waals surface area contributed by atoms with Gasteiger partial charge in [0, 0.05) is 11.1 Å². The molecule has 0 aliphatic rings. The molecule has 2 heterocycles. The SMILES string of the molecule is Cc1nn(CC(O)COCc2cccs2)cc1Br. The van der Waals surface area contributed by atoms with E-state index in [1.807, 2.05) is 30.6 Å². The fraction of sp³-hybridized carbons (Fsp3) is 0.417. The Labute approximate surface area is 118 Å². The molecule has 0 bridgehead atoms. The molecule has 0 aliphatic carbocycles. The van der Waals surface area contributed by atoms with Gasteiger partial charge < -0.3 is 9.84 Å². The lowest BCUT2D eigenvalue weighted by atomic mass is 10.4. The maximum Gasteiger partial charge on any atom is 0.0969 e. The minimum Gasteiger partial charge on any atom is -0.389 e. The first-order valence-corrected chi connectivity index (χ1v) is 7.30. The van der Waals surface area contributed by atoms with E-state index in [9.17, 15) is 5.11 Å². The zero-order valence-corrected chi connectivity index (χ0v) is 12.4. The molecule has 0 aromatic carbocycles. The first-order valence-electron chi connectivity index (χ1n) is 5.63. The molecule has 0 saturated carbocycles. The number of aryl methyl sites for hydroxylation is 1. The molecule has 1 unspecified atom stereocenters. The summed E-state index contributed by atoms with van der Waals surface area (Å²) >= 11 is 5.04. The lowest BCUT2D eigenvalue weighted by Crippen LogP contribution is -2.22. The van der Waals surface area contributed by atoms with Crippen LogP contribution in [0.5, 0.6) is 0 Å². The van der Waals surface area contributed by atoms with Gasteiger partial charge in [0.15, 0.2) is 0 Å². The number of aliphatic hydroxyl groups excluding tert-OH is 1. The maximum atomic E-state index is 9.83. The van der Waals surface area contributed by atoms with E-state index in [1.54, 1.807) is 16.0 Å². The van der Waals surface area contributed by atoms with Crippen LogP contribution in [0.1, 0.15) is 10.6 Å². The van der Waals surface area contributed by atoms with E-state index in [4.69, 9.17) is 4.74 Å². The molecule has 0 radical (unpaired) electrons. The second kappa shape index (κ2) is 6.47. The number of hydrogen-bond donors (Lipinski definition) is 1. The van der Waals surface area contributed by atoms with Gasteiger partial charge in [-0.15, -0.1) is 11.3 Å². The van der Waals surface area contributed by atoms with Crippen LogP contribution in [0.4, 0.5) is 0 Å². The van der Waals surface area contributed by atoms with Crippen LogP contribution in [0, 0.1) is 6.92 Å². The van der Waals surface area contributed by atoms with Gasteiger partial charge in [-0.1, -0.05) is 6.07 Å². The van der Waals surface area contributed by atoms with Crippen molar-refractivity contribution < 1.29 is 9.84 Å². The second-order valence-corrected chi connectivity index (χ2v) is 5.92. The van der Waals surface area contributed by atoms with Crippen LogP contribution in [-0.2, 0) is 17.9 Å². The zero-order valence-electron chi connectivity index (χ0n) is 10.0. The Balaban J connectivity index is 1.73. The highest BCUT2D eigenvalue weighted by Gasteiger charge is 2.08. The van der Waals surface area contributed by atoms with Crippen LogP contribution in [0.15, 0.2) is 28.2 Å². The van der Waals surface area contributed by atoms with Crippen molar-refractivity contribution >= 4 is 27.3 Å². The van der Waals surface area contributed by atoms with Gasteiger partial charge in [0.2, 0.25) is 0 Å². The van der Waals surface area contributed by atoms with Crippen LogP contribution in [0.2, 0.25) is 0 Å². The summed E-state index contributed by atoms with van der Waals surface area (Å²) in [6, 6.07) is 4.01. The standard InChI is InChI=1S/C12H15BrN2O2S/c1-9-12(13)6-15(14-9)5-10(16)7-17-8-11-3-2-4-18-11/h2-4,6,10,16H,5,7-8H2,1H3. The van der Waals surface area contributed by atoms with E-state index >= 15 is 0 Å². The van der Waals surface area contributed by atoms with Gasteiger partial charge in [0.25, 0.3) is 0 Å². The predicted octanol–water partition coefficient (Wildman–Crippen LogP) is 2.59. The summed E-state index contributed by atoms with van der Waals surface area (Å²) in [7, 11) is 0. The zero-order chi connectivity index (χ0) is 13.0. The number of halogens is 1. The molecule has 18 heavy (non-hydrogen) atoms. The lowest BCUT2D eigenvalue weighted by Gasteiger charge is -2.10. The monoisotopic (exact) mass is 330 g/mol. The van der Waals surface area contributed by atoms with Crippen molar-refractivity contribution in [2.75, 3.05) is 6.61 Å². The molecule has 0 saturated heterocycles. The molecule has 4 nitrogen and oxygen atoms in total. The summed E-state index contributed by atoms with van der Waals surface area (Å²) in [6.07, 6.45) is 1.31. The normalized spacial score (nSPS) is 12.8. The van der Waals surface area contributed by atoms with Gasteiger partial charge in [0.1, 0.15) is 0 Å². The number of rotatable bonds is 6. The minimum atomic E-state index is -0.545. The first-order chi connectivity index (χ1) is 8.65. The van der Waals surface area contributed by atoms with Crippen molar-refractivity contribution in [3.05, 3.63) is 38.8 Å². The molecule has 6 heteroatoms. The Hall–Kier alpha value is -0.690. The van der Waals surface area contributed by atoms with E-state index in [-0.39, 0.29) is 0 Å². The van der Waals surface area contributed by atoms with Crippen molar-refractivity contribution in [2.45, 2.75) is 26.2 Å². The van der Waals surface area contributed by atoms with Crippen molar-refractivity contribution in [1.82, 2.24) is 9.78 Å². The van der Waals surface area contributed by atoms with Gasteiger partial charge in [0.05, 0.1) is 36.0 Å². The first kappa shape index (κ1) is 13.7. The number of hydrogen-bond acceptors (Lipinski definition) is 4. The quantitative estimate of drug-likeness (QED) is 0.885. The number of aromatic nitrogens is 2. The summed E-state index contributed by atoms with van der Waals surface area (Å²) in [4.78, 5) is 1.17. The van der Waals surface area contributed by atoms with Crippen molar-refractivity contribution in [3.63, 3.8) is 0 Å². The van der Waals surface area contributed by atoms with Crippen LogP contribution in [0.3, 0.4) is 0 Å². The summed E-state index contributed by atoms with van der Waals surface area (Å²) in [5, 5.41) is 16.1. The Morgan fingerprint density at radius 1 is 1.61 bits per heavy atom. The van der Waals surface area contributed by atoms with Crippen molar-refractivity contribution in [1.29, 1.82) is 0 Å². The Bertz CT molecular complexity index is 465. The largest absolute Gasteiger partial charge is 0.389 e. The summed E-state index contributed by atoms with van der Waals surface area (Å²) < 4.78 is 8.13. The number of thiophene rings is 1. The molecule has 1 atom stereocenters. The Kier molecular flexibility index (Phi) is 4.94. The summed E-state index contributed by atoms with van der Waals surface area (Å²) in [5.74, 6) is 0. The molecule has 2 rings (SSSR count). The van der Waals surface area contributed by atoms with Gasteiger partial charge in [-0.25, -0.2) is 0 Å². The van der Waals surface area contributed by atoms with Crippen molar-refractivity contribution in [2.24, 2.45) is 0 Å². The van der Waals surface area contributed by atoms with E-state index in [1.165, 1.54) is 4.88 Å². The van der Waals surface area contributed by atoms with Crippen LogP contribution in [0.25, 0.3) is 0 Å². The van der Waals surface area contributed by atoms with Crippen LogP contribution < -0.4 is 0 Å². The Morgan fingerprint density at radius 2 is 2.44 bits per heavy atom. The molecule has 0 spiro atoms. The third-order valence-corrected chi connectivity index (χ3v) is 4.05. The van der Waals surface area contributed by atoms with E-state index in [0.29, 0.717) is 19.8 Å². The molecule has 0 amide bonds. The number of aliphatic hydroxyl groups is 1. The van der Waals surface area contributed by atoms with Gasteiger partial charge in [-0.3, -0.25) is 4.68 Å². The van der Waals surface area contributed by atoms with Gasteiger partial charge in [-0.2, -0.15) is 5.10 Å². The summed E-state index contributed by atoms with van der Waals surface area (Å²) in [6.45, 7) is 3.22. The molecule has 98 valence electrons. The molecule has 2 aromatic rings. The van der Waals surface area contributed by atoms with E-state index < -0.39 is 6.10 Å². The average molecular weight is 331 g/mol. The topological polar surface area (TPSA) is 47.3 Å². The average Bonchev–Trinajstić information content (AvgIpc) is 2.90. The molecule has 0 aliphatic heterocycles. The molecular weight excluding hydrogens is 316 g/mol. The van der Waals surface area contributed by atoms with E-state index in [2.05, 4.69) is 21.0 Å². The number of ether oxygens (including phenoxy) is 1. The van der Waals surface area contributed by atoms with E-state index in [0.717, 1.165) is 10.2 Å². The fourth-order valence-corrected chi connectivity index (χ4v) is 2.50. The van der Waals surface area contributed by atoms with Crippen LogP contribution >= 0.6 is 27.3 Å². The third-order valence-electron chi connectivity index (χ3n) is 2.42. The minimum absolute atomic E-state index is 0.314. The Morgan fingerprint density at radius 3 is 3.06 bits per heavy atom. The highest BCUT2D eigenvalue weighted by molar-refractivity contribution is 9.10. The van der Waals surface area contributed by atoms with Crippen molar-refractivity contribution in [3.8, 4) is 0 Å². The smallest absolute Gasteiger partial charge is 0.0969 e. The number of nitrogens with zero attached hydrogens (tertiary/aromatic N) is 2. The summed E-state index contributed by atoms with van der Waals surface area (Å²) in [5.41, 5.74) is 0.918. The maximum absolute atomic E-state index is 9.83. The highest BCUT2D eigenvalue weighted by atomic mass is 79.9. The van der Waals surface area contributed by atoms with Gasteiger partial charge in [-0.05, 0) is 34.3 Å². The van der Waals surface area contributed by atoms with Gasteiger partial charge >= 0.3 is 0 Å². The second-order valence-electron chi connectivity index (χ2n) is 4.03. The molecule has 0 fully saturated rings. The molecule has 1 N–H and O–H groups in total. The predicted molar refractivity (Wildman–Crippen MR) is 74.6 cm³/mol. The molecular formula is C12H15BrN2O2S. The molecule has 2 aromatic heterocycles. The fourth-order valence-electron chi connectivity index (χ4n) is 1.55. The lowest BCUT2D eigenvalue weighted by molar-refractivity contribution is 0.0196. The highest BCUT2D eigenvalue weighted by Crippen LogP contribution is 2.13. The third kappa shape index (κ3) is 3.91.